The van der Waals surface area contributed by atoms with Gasteiger partial charge >= 0.3 is 5.97 Å². The molecule has 1 heterocycles. The van der Waals surface area contributed by atoms with Crippen molar-refractivity contribution in [2.45, 2.75) is 6.04 Å². The Labute approximate surface area is 98.1 Å². The molecule has 4 N–H and O–H groups in total. The number of aliphatic carboxylic acids is 1. The third kappa shape index (κ3) is 3.56. The number of fused-ring (bicyclic) bond motifs is 1. The molecule has 0 aliphatic carbocycles. The van der Waals surface area contributed by atoms with Gasteiger partial charge in [-0.05, 0) is 12.1 Å². The van der Waals surface area contributed by atoms with Crippen molar-refractivity contribution in [2.75, 3.05) is 5.75 Å². The van der Waals surface area contributed by atoms with Crippen molar-refractivity contribution < 1.29 is 9.90 Å². The van der Waals surface area contributed by atoms with Gasteiger partial charge in [0.05, 0.1) is 17.4 Å². The maximum atomic E-state index is 9.76. The topological polar surface area (TPSA) is 92.0 Å². The molecule has 1 aromatic carbocycles. The number of benzene rings is 1. The highest BCUT2D eigenvalue weighted by Crippen LogP contribution is 2.05. The molecular formula is C10H13N3O2S. The Morgan fingerprint density at radius 1 is 1.56 bits per heavy atom. The van der Waals surface area contributed by atoms with Gasteiger partial charge in [-0.2, -0.15) is 12.6 Å². The molecule has 0 saturated heterocycles. The van der Waals surface area contributed by atoms with Crippen LogP contribution in [0.1, 0.15) is 0 Å². The maximum absolute atomic E-state index is 9.76. The molecule has 2 aromatic rings. The average molecular weight is 239 g/mol. The number of thiol groups is 1. The van der Waals surface area contributed by atoms with Gasteiger partial charge in [-0.3, -0.25) is 4.79 Å². The van der Waals surface area contributed by atoms with Crippen LogP contribution in [0.5, 0.6) is 0 Å². The fraction of sp³-hybridized carbons (Fsp3) is 0.200. The number of carboxylic acids is 1. The molecule has 1 unspecified atom stereocenters. The summed E-state index contributed by atoms with van der Waals surface area (Å²) in [6.45, 7) is 0. The number of imidazole rings is 1. The first-order chi connectivity index (χ1) is 7.65. The van der Waals surface area contributed by atoms with Gasteiger partial charge in [0.2, 0.25) is 0 Å². The Kier molecular flexibility index (Phi) is 4.81. The highest BCUT2D eigenvalue weighted by atomic mass is 32.1. The summed E-state index contributed by atoms with van der Waals surface area (Å²) in [4.78, 5) is 16.8. The second kappa shape index (κ2) is 6.14. The standard InChI is InChI=1S/C7H6N2.C3H7NO2S/c1-2-4-7-6(3-1)8-5-9-7;4-2(1-7)3(5)6/h1-5H,(H,8,9);2,7H,1,4H2,(H,5,6). The van der Waals surface area contributed by atoms with Crippen molar-refractivity contribution in [1.82, 2.24) is 9.97 Å². The van der Waals surface area contributed by atoms with Crippen LogP contribution in [0.25, 0.3) is 11.0 Å². The number of hydrogen-bond acceptors (Lipinski definition) is 4. The van der Waals surface area contributed by atoms with Gasteiger partial charge in [0.1, 0.15) is 6.04 Å². The summed E-state index contributed by atoms with van der Waals surface area (Å²) in [5.41, 5.74) is 7.06. The Morgan fingerprint density at radius 3 is 2.75 bits per heavy atom. The van der Waals surface area contributed by atoms with E-state index in [-0.39, 0.29) is 5.75 Å². The first-order valence-electron chi connectivity index (χ1n) is 4.62. The number of carbonyl (C=O) groups is 1. The Bertz CT molecular complexity index is 428. The van der Waals surface area contributed by atoms with E-state index in [0.29, 0.717) is 0 Å². The van der Waals surface area contributed by atoms with E-state index in [0.717, 1.165) is 11.0 Å². The summed E-state index contributed by atoms with van der Waals surface area (Å²) >= 11 is 3.65. The minimum absolute atomic E-state index is 0.190. The second-order valence-corrected chi connectivity index (χ2v) is 3.41. The summed E-state index contributed by atoms with van der Waals surface area (Å²) in [5.74, 6) is -0.815. The smallest absolute Gasteiger partial charge is 0.321 e. The summed E-state index contributed by atoms with van der Waals surface area (Å²) < 4.78 is 0. The molecule has 5 nitrogen and oxygen atoms in total. The highest BCUT2D eigenvalue weighted by molar-refractivity contribution is 7.80. The molecule has 1 atom stereocenters. The van der Waals surface area contributed by atoms with Crippen LogP contribution >= 0.6 is 12.6 Å². The number of hydrogen-bond donors (Lipinski definition) is 4. The van der Waals surface area contributed by atoms with Crippen molar-refractivity contribution in [2.24, 2.45) is 5.73 Å². The van der Waals surface area contributed by atoms with Crippen LogP contribution < -0.4 is 5.73 Å². The predicted molar refractivity (Wildman–Crippen MR) is 65.6 cm³/mol. The zero-order valence-corrected chi connectivity index (χ0v) is 9.39. The van der Waals surface area contributed by atoms with E-state index in [1.807, 2.05) is 24.3 Å². The van der Waals surface area contributed by atoms with Crippen LogP contribution in [-0.2, 0) is 4.79 Å². The largest absolute Gasteiger partial charge is 0.480 e. The molecule has 1 aromatic heterocycles. The Balaban J connectivity index is 0.000000168. The number of aromatic amines is 1. The molecule has 0 bridgehead atoms. The van der Waals surface area contributed by atoms with Gasteiger partial charge < -0.3 is 15.8 Å². The Hall–Kier alpha value is -1.53. The first-order valence-corrected chi connectivity index (χ1v) is 5.25. The lowest BCUT2D eigenvalue weighted by Gasteiger charge is -1.96. The summed E-state index contributed by atoms with van der Waals surface area (Å²) in [5, 5.41) is 8.01. The molecule has 6 heteroatoms. The number of nitrogens with zero attached hydrogens (tertiary/aromatic N) is 1. The minimum atomic E-state index is -1.00. The lowest BCUT2D eigenvalue weighted by Crippen LogP contribution is -2.31. The lowest BCUT2D eigenvalue weighted by atomic mass is 10.3. The highest BCUT2D eigenvalue weighted by Gasteiger charge is 2.06. The van der Waals surface area contributed by atoms with E-state index < -0.39 is 12.0 Å². The summed E-state index contributed by atoms with van der Waals surface area (Å²) in [6.07, 6.45) is 1.70. The van der Waals surface area contributed by atoms with Crippen molar-refractivity contribution in [3.8, 4) is 0 Å². The second-order valence-electron chi connectivity index (χ2n) is 3.05. The molecule has 0 saturated carbocycles. The van der Waals surface area contributed by atoms with Crippen molar-refractivity contribution >= 4 is 29.6 Å². The van der Waals surface area contributed by atoms with Gasteiger partial charge in [0, 0.05) is 5.75 Å². The molecule has 2 rings (SSSR count). The average Bonchev–Trinajstić information content (AvgIpc) is 2.76. The summed E-state index contributed by atoms with van der Waals surface area (Å²) in [7, 11) is 0. The predicted octanol–water partition coefficient (Wildman–Crippen LogP) is 0.891. The number of rotatable bonds is 2. The molecule has 0 amide bonds. The van der Waals surface area contributed by atoms with E-state index in [9.17, 15) is 4.79 Å². The monoisotopic (exact) mass is 239 g/mol. The number of H-pyrrole nitrogens is 1. The summed E-state index contributed by atoms with van der Waals surface area (Å²) in [6, 6.07) is 7.13. The van der Waals surface area contributed by atoms with Crippen LogP contribution in [0.15, 0.2) is 30.6 Å². The van der Waals surface area contributed by atoms with Crippen LogP contribution in [0.3, 0.4) is 0 Å². The van der Waals surface area contributed by atoms with E-state index in [4.69, 9.17) is 10.8 Å². The van der Waals surface area contributed by atoms with Gasteiger partial charge in [-0.15, -0.1) is 0 Å². The first kappa shape index (κ1) is 12.5. The fourth-order valence-corrected chi connectivity index (χ4v) is 1.11. The normalized spacial score (nSPS) is 11.6. The van der Waals surface area contributed by atoms with Crippen LogP contribution in [-0.4, -0.2) is 32.8 Å². The quantitative estimate of drug-likeness (QED) is 0.586. The molecule has 0 radical (unpaired) electrons. The number of nitrogens with one attached hydrogen (secondary N) is 1. The van der Waals surface area contributed by atoms with E-state index in [2.05, 4.69) is 22.6 Å². The lowest BCUT2D eigenvalue weighted by molar-refractivity contribution is -0.137. The van der Waals surface area contributed by atoms with Crippen LogP contribution in [0.2, 0.25) is 0 Å². The maximum Gasteiger partial charge on any atom is 0.321 e. The third-order valence-corrected chi connectivity index (χ3v) is 2.24. The van der Waals surface area contributed by atoms with Gasteiger partial charge in [0.25, 0.3) is 0 Å². The van der Waals surface area contributed by atoms with E-state index in [1.54, 1.807) is 6.33 Å². The van der Waals surface area contributed by atoms with Crippen molar-refractivity contribution in [3.05, 3.63) is 30.6 Å². The number of nitrogens with two attached hydrogens (primary N) is 1. The zero-order valence-electron chi connectivity index (χ0n) is 8.50. The molecule has 0 aliphatic heterocycles. The SMILES string of the molecule is NC(CS)C(=O)O.c1ccc2[nH]cnc2c1. The van der Waals surface area contributed by atoms with Gasteiger partial charge in [-0.1, -0.05) is 12.1 Å². The molecule has 0 aliphatic rings. The number of aromatic nitrogens is 2. The molecule has 86 valence electrons. The molecule has 0 spiro atoms. The Morgan fingerprint density at radius 2 is 2.25 bits per heavy atom. The van der Waals surface area contributed by atoms with Crippen molar-refractivity contribution in [3.63, 3.8) is 0 Å². The van der Waals surface area contributed by atoms with Gasteiger partial charge in [0.15, 0.2) is 0 Å². The third-order valence-electron chi connectivity index (χ3n) is 1.84. The molecule has 0 fully saturated rings. The minimum Gasteiger partial charge on any atom is -0.480 e. The number of para-hydroxylation sites is 2. The zero-order chi connectivity index (χ0) is 12.0. The van der Waals surface area contributed by atoms with Gasteiger partial charge in [-0.25, -0.2) is 4.98 Å². The fourth-order valence-electron chi connectivity index (χ4n) is 0.958. The van der Waals surface area contributed by atoms with Crippen LogP contribution in [0.4, 0.5) is 0 Å². The van der Waals surface area contributed by atoms with Crippen molar-refractivity contribution in [1.29, 1.82) is 0 Å². The molecule has 16 heavy (non-hydrogen) atoms. The van der Waals surface area contributed by atoms with E-state index in [1.165, 1.54) is 0 Å². The molecular weight excluding hydrogens is 226 g/mol. The van der Waals surface area contributed by atoms with E-state index >= 15 is 0 Å². The van der Waals surface area contributed by atoms with Crippen LogP contribution in [0, 0.1) is 0 Å². The number of carboxylic acid groups (broad SMARTS) is 1.